The first kappa shape index (κ1) is 12.8. The lowest BCUT2D eigenvalue weighted by Gasteiger charge is -2.16. The third-order valence-electron chi connectivity index (χ3n) is 2.83. The predicted octanol–water partition coefficient (Wildman–Crippen LogP) is 0.691. The van der Waals surface area contributed by atoms with Crippen LogP contribution in [-0.4, -0.2) is 30.5 Å². The molecule has 0 aromatic carbocycles. The van der Waals surface area contributed by atoms with Gasteiger partial charge in [0, 0.05) is 13.0 Å². The summed E-state index contributed by atoms with van der Waals surface area (Å²) in [5.74, 6) is -0.570. The molecule has 0 spiro atoms. The summed E-state index contributed by atoms with van der Waals surface area (Å²) in [7, 11) is 1.51. The summed E-state index contributed by atoms with van der Waals surface area (Å²) in [6.45, 7) is 0.300. The molecule has 2 N–H and O–H groups in total. The third-order valence-corrected chi connectivity index (χ3v) is 3.39. The zero-order valence-corrected chi connectivity index (χ0v) is 11.3. The lowest BCUT2D eigenvalue weighted by molar-refractivity contribution is -0.123. The number of aromatic nitrogens is 1. The molecule has 2 heterocycles. The minimum absolute atomic E-state index is 0.127. The Labute approximate surface area is 112 Å². The van der Waals surface area contributed by atoms with Crippen LogP contribution in [0.3, 0.4) is 0 Å². The van der Waals surface area contributed by atoms with Crippen molar-refractivity contribution in [2.75, 3.05) is 18.6 Å². The van der Waals surface area contributed by atoms with E-state index in [9.17, 15) is 9.59 Å². The van der Waals surface area contributed by atoms with Crippen LogP contribution >= 0.6 is 15.9 Å². The third kappa shape index (κ3) is 2.31. The van der Waals surface area contributed by atoms with Crippen LogP contribution in [0.25, 0.3) is 0 Å². The van der Waals surface area contributed by atoms with E-state index in [1.165, 1.54) is 18.2 Å². The van der Waals surface area contributed by atoms with E-state index in [0.717, 1.165) is 0 Å². The van der Waals surface area contributed by atoms with Gasteiger partial charge >= 0.3 is 0 Å². The van der Waals surface area contributed by atoms with Crippen LogP contribution in [0.1, 0.15) is 6.42 Å². The van der Waals surface area contributed by atoms with Crippen molar-refractivity contribution in [3.05, 3.63) is 16.7 Å². The molecule has 0 aliphatic carbocycles. The molecule has 0 radical (unpaired) electrons. The van der Waals surface area contributed by atoms with Crippen molar-refractivity contribution in [2.45, 2.75) is 6.42 Å². The van der Waals surface area contributed by atoms with Crippen molar-refractivity contribution in [3.63, 3.8) is 0 Å². The van der Waals surface area contributed by atoms with Crippen LogP contribution in [-0.2, 0) is 9.59 Å². The van der Waals surface area contributed by atoms with Gasteiger partial charge in [0.1, 0.15) is 0 Å². The fourth-order valence-corrected chi connectivity index (χ4v) is 2.36. The van der Waals surface area contributed by atoms with E-state index in [1.54, 1.807) is 6.07 Å². The van der Waals surface area contributed by atoms with E-state index >= 15 is 0 Å². The Morgan fingerprint density at radius 3 is 2.89 bits per heavy atom. The van der Waals surface area contributed by atoms with Crippen molar-refractivity contribution >= 4 is 33.4 Å². The number of nitrogens with zero attached hydrogens (tertiary/aromatic N) is 2. The van der Waals surface area contributed by atoms with Gasteiger partial charge in [-0.05, 0) is 22.0 Å². The largest absolute Gasteiger partial charge is 0.480 e. The number of rotatable bonds is 3. The molecule has 1 unspecified atom stereocenters. The zero-order valence-electron chi connectivity index (χ0n) is 9.72. The molecular formula is C11H12BrN3O3. The number of carbonyl (C=O) groups excluding carboxylic acids is 2. The van der Waals surface area contributed by atoms with Crippen molar-refractivity contribution in [3.8, 4) is 5.88 Å². The van der Waals surface area contributed by atoms with Crippen LogP contribution in [0, 0.1) is 5.92 Å². The smallest absolute Gasteiger partial charge is 0.227 e. The number of hydrogen-bond acceptors (Lipinski definition) is 4. The molecule has 1 atom stereocenters. The highest BCUT2D eigenvalue weighted by atomic mass is 79.9. The minimum Gasteiger partial charge on any atom is -0.480 e. The summed E-state index contributed by atoms with van der Waals surface area (Å²) < 4.78 is 5.66. The van der Waals surface area contributed by atoms with Gasteiger partial charge in [-0.3, -0.25) is 9.59 Å². The Kier molecular flexibility index (Phi) is 3.51. The Morgan fingerprint density at radius 1 is 1.67 bits per heavy atom. The number of halogens is 1. The second kappa shape index (κ2) is 4.93. The summed E-state index contributed by atoms with van der Waals surface area (Å²) in [6, 6.07) is 1.73. The van der Waals surface area contributed by atoms with Gasteiger partial charge in [0.2, 0.25) is 17.7 Å². The average Bonchev–Trinajstić information content (AvgIpc) is 2.71. The topological polar surface area (TPSA) is 85.5 Å². The van der Waals surface area contributed by atoms with Crippen LogP contribution in [0.4, 0.5) is 5.69 Å². The number of methoxy groups -OCH3 is 1. The highest BCUT2D eigenvalue weighted by Crippen LogP contribution is 2.30. The van der Waals surface area contributed by atoms with E-state index in [-0.39, 0.29) is 12.3 Å². The molecular weight excluding hydrogens is 302 g/mol. The molecule has 7 heteroatoms. The fourth-order valence-electron chi connectivity index (χ4n) is 1.86. The summed E-state index contributed by atoms with van der Waals surface area (Å²) in [5, 5.41) is 0. The first-order chi connectivity index (χ1) is 8.52. The Morgan fingerprint density at radius 2 is 2.39 bits per heavy atom. The van der Waals surface area contributed by atoms with E-state index in [2.05, 4.69) is 20.9 Å². The number of ether oxygens (including phenoxy) is 1. The second-order valence-corrected chi connectivity index (χ2v) is 4.85. The maximum Gasteiger partial charge on any atom is 0.227 e. The normalized spacial score (nSPS) is 19.1. The molecule has 1 aliphatic heterocycles. The number of carbonyl (C=O) groups is 2. The van der Waals surface area contributed by atoms with Gasteiger partial charge in [0.15, 0.2) is 0 Å². The monoisotopic (exact) mass is 313 g/mol. The SMILES string of the molecule is COc1ncc(N2CC(C(N)=O)CC2=O)cc1Br. The molecule has 6 nitrogen and oxygen atoms in total. The highest BCUT2D eigenvalue weighted by molar-refractivity contribution is 9.10. The van der Waals surface area contributed by atoms with Gasteiger partial charge < -0.3 is 15.4 Å². The van der Waals surface area contributed by atoms with Crippen LogP contribution in [0.5, 0.6) is 5.88 Å². The van der Waals surface area contributed by atoms with Gasteiger partial charge in [-0.2, -0.15) is 0 Å². The molecule has 1 aliphatic rings. The Balaban J connectivity index is 2.24. The molecule has 1 fully saturated rings. The summed E-state index contributed by atoms with van der Waals surface area (Å²) in [6.07, 6.45) is 1.68. The first-order valence-corrected chi connectivity index (χ1v) is 6.11. The summed E-state index contributed by atoms with van der Waals surface area (Å²) in [4.78, 5) is 28.5. The summed E-state index contributed by atoms with van der Waals surface area (Å²) >= 11 is 3.30. The molecule has 1 saturated heterocycles. The van der Waals surface area contributed by atoms with Gasteiger partial charge in [-0.15, -0.1) is 0 Å². The van der Waals surface area contributed by atoms with Crippen LogP contribution in [0.2, 0.25) is 0 Å². The van der Waals surface area contributed by atoms with E-state index < -0.39 is 11.8 Å². The molecule has 1 aromatic heterocycles. The summed E-state index contributed by atoms with van der Waals surface area (Å²) in [5.41, 5.74) is 5.83. The van der Waals surface area contributed by atoms with Crippen molar-refractivity contribution < 1.29 is 14.3 Å². The number of anilines is 1. The predicted molar refractivity (Wildman–Crippen MR) is 68.1 cm³/mol. The van der Waals surface area contributed by atoms with Crippen molar-refractivity contribution in [1.82, 2.24) is 4.98 Å². The molecule has 2 rings (SSSR count). The van der Waals surface area contributed by atoms with Crippen molar-refractivity contribution in [1.29, 1.82) is 0 Å². The van der Waals surface area contributed by atoms with E-state index in [0.29, 0.717) is 22.6 Å². The Bertz CT molecular complexity index is 506. The van der Waals surface area contributed by atoms with Gasteiger partial charge in [0.05, 0.1) is 29.4 Å². The van der Waals surface area contributed by atoms with Gasteiger partial charge in [-0.1, -0.05) is 0 Å². The minimum atomic E-state index is -0.452. The zero-order chi connectivity index (χ0) is 13.3. The number of pyridine rings is 1. The van der Waals surface area contributed by atoms with Gasteiger partial charge in [0.25, 0.3) is 0 Å². The quantitative estimate of drug-likeness (QED) is 0.889. The van der Waals surface area contributed by atoms with E-state index in [4.69, 9.17) is 10.5 Å². The van der Waals surface area contributed by atoms with Crippen LogP contribution in [0.15, 0.2) is 16.7 Å². The first-order valence-electron chi connectivity index (χ1n) is 5.32. The average molecular weight is 314 g/mol. The molecule has 96 valence electrons. The second-order valence-electron chi connectivity index (χ2n) is 3.99. The lowest BCUT2D eigenvalue weighted by atomic mass is 10.1. The molecule has 1 aromatic rings. The fraction of sp³-hybridized carbons (Fsp3) is 0.364. The van der Waals surface area contributed by atoms with E-state index in [1.807, 2.05) is 0 Å². The number of nitrogens with two attached hydrogens (primary N) is 1. The Hall–Kier alpha value is -1.63. The number of amides is 2. The molecule has 0 bridgehead atoms. The molecule has 2 amide bonds. The maximum atomic E-state index is 11.8. The molecule has 18 heavy (non-hydrogen) atoms. The molecule has 0 saturated carbocycles. The van der Waals surface area contributed by atoms with Crippen molar-refractivity contribution in [2.24, 2.45) is 11.7 Å². The highest BCUT2D eigenvalue weighted by Gasteiger charge is 2.34. The number of primary amides is 1. The maximum absolute atomic E-state index is 11.8. The standard InChI is InChI=1S/C11H12BrN3O3/c1-18-11-8(12)3-7(4-14-11)15-5-6(10(13)17)2-9(15)16/h3-4,6H,2,5H2,1H3,(H2,13,17). The van der Waals surface area contributed by atoms with Crippen LogP contribution < -0.4 is 15.4 Å². The number of hydrogen-bond donors (Lipinski definition) is 1. The lowest BCUT2D eigenvalue weighted by Crippen LogP contribution is -2.28. The van der Waals surface area contributed by atoms with Gasteiger partial charge in [-0.25, -0.2) is 4.98 Å².